The van der Waals surface area contributed by atoms with Gasteiger partial charge in [0.1, 0.15) is 17.6 Å². The van der Waals surface area contributed by atoms with Crippen molar-refractivity contribution < 1.29 is 41.8 Å². The van der Waals surface area contributed by atoms with Crippen LogP contribution in [0.2, 0.25) is 0 Å². The molecule has 1 heterocycles. The van der Waals surface area contributed by atoms with Crippen LogP contribution in [-0.4, -0.2) is 47.1 Å². The van der Waals surface area contributed by atoms with E-state index in [9.17, 15) is 27.6 Å². The number of amidine groups is 1. The van der Waals surface area contributed by atoms with Crippen molar-refractivity contribution >= 4 is 29.3 Å². The predicted octanol–water partition coefficient (Wildman–Crippen LogP) is 5.03. The van der Waals surface area contributed by atoms with Gasteiger partial charge in [-0.05, 0) is 74.9 Å². The van der Waals surface area contributed by atoms with Crippen molar-refractivity contribution in [3.63, 3.8) is 0 Å². The number of nitrogens with two attached hydrogens (primary N) is 1. The molecule has 0 saturated heterocycles. The Hall–Kier alpha value is -5.99. The number of rotatable bonds is 12. The summed E-state index contributed by atoms with van der Waals surface area (Å²) in [5, 5.41) is 10.6. The minimum Gasteiger partial charge on any atom is -0.490 e. The molecule has 0 spiro atoms. The van der Waals surface area contributed by atoms with Gasteiger partial charge >= 0.3 is 12.1 Å². The Labute approximate surface area is 273 Å². The summed E-state index contributed by atoms with van der Waals surface area (Å²) in [6.07, 6.45) is -2.02. The number of hydrogen-bond donors (Lipinski definition) is 5. The van der Waals surface area contributed by atoms with Crippen molar-refractivity contribution in [3.8, 4) is 22.9 Å². The number of carbonyl (C=O) groups excluding carboxylic acids is 3. The number of halogens is 3. The van der Waals surface area contributed by atoms with Crippen LogP contribution >= 0.6 is 0 Å². The molecule has 2 amide bonds. The van der Waals surface area contributed by atoms with Gasteiger partial charge in [0.25, 0.3) is 11.8 Å². The SMILES string of the molecule is CCOc1cc(C(Nc2ccc(C(=N)N)c(OC(=O)C(F)(F)F)c2)C(=O)NNC(=O)c2ccccc2-n2cccc2)ccc1OC(C)C. The van der Waals surface area contributed by atoms with E-state index in [-0.39, 0.29) is 29.5 Å². The number of amides is 2. The summed E-state index contributed by atoms with van der Waals surface area (Å²) >= 11 is 0. The van der Waals surface area contributed by atoms with E-state index in [1.807, 2.05) is 13.8 Å². The first-order chi connectivity index (χ1) is 22.8. The molecule has 0 saturated carbocycles. The van der Waals surface area contributed by atoms with Gasteiger partial charge in [0.2, 0.25) is 0 Å². The molecule has 252 valence electrons. The Bertz CT molecular complexity index is 1790. The van der Waals surface area contributed by atoms with E-state index in [1.54, 1.807) is 72.4 Å². The highest BCUT2D eigenvalue weighted by Crippen LogP contribution is 2.34. The number of para-hydroxylation sites is 1. The number of alkyl halides is 3. The fourth-order valence-corrected chi connectivity index (χ4v) is 4.51. The van der Waals surface area contributed by atoms with Crippen LogP contribution in [0.4, 0.5) is 18.9 Å². The number of hydrazine groups is 1. The molecule has 0 aliphatic rings. The van der Waals surface area contributed by atoms with E-state index in [1.165, 1.54) is 12.1 Å². The van der Waals surface area contributed by atoms with Crippen LogP contribution in [0.1, 0.15) is 48.3 Å². The summed E-state index contributed by atoms with van der Waals surface area (Å²) in [6.45, 7) is 5.67. The maximum atomic E-state index is 13.7. The largest absolute Gasteiger partial charge is 0.491 e. The number of aromatic nitrogens is 1. The molecule has 0 radical (unpaired) electrons. The number of nitrogen functional groups attached to an aromatic ring is 1. The molecule has 4 rings (SSSR count). The molecule has 0 aliphatic heterocycles. The Morgan fingerprint density at radius 3 is 2.25 bits per heavy atom. The van der Waals surface area contributed by atoms with Crippen molar-refractivity contribution in [2.45, 2.75) is 39.1 Å². The van der Waals surface area contributed by atoms with Gasteiger partial charge in [0, 0.05) is 24.1 Å². The molecule has 0 bridgehead atoms. The number of benzene rings is 3. The van der Waals surface area contributed by atoms with Gasteiger partial charge in [0.15, 0.2) is 11.5 Å². The van der Waals surface area contributed by atoms with Crippen molar-refractivity contribution in [3.05, 3.63) is 102 Å². The first-order valence-corrected chi connectivity index (χ1v) is 14.6. The second kappa shape index (κ2) is 15.1. The number of ether oxygens (including phenoxy) is 3. The van der Waals surface area contributed by atoms with Crippen molar-refractivity contribution in [2.24, 2.45) is 5.73 Å². The third kappa shape index (κ3) is 8.63. The number of anilines is 1. The maximum Gasteiger partial charge on any atom is 0.491 e. The molecule has 48 heavy (non-hydrogen) atoms. The monoisotopic (exact) mass is 666 g/mol. The zero-order valence-corrected chi connectivity index (χ0v) is 26.1. The number of esters is 1. The quantitative estimate of drug-likeness (QED) is 0.0461. The molecule has 6 N–H and O–H groups in total. The van der Waals surface area contributed by atoms with Gasteiger partial charge < -0.3 is 29.8 Å². The molecule has 3 aromatic carbocycles. The Morgan fingerprint density at radius 1 is 0.896 bits per heavy atom. The highest BCUT2D eigenvalue weighted by molar-refractivity contribution is 6.00. The lowest BCUT2D eigenvalue weighted by Crippen LogP contribution is -2.45. The third-order valence-electron chi connectivity index (χ3n) is 6.57. The molecule has 0 fully saturated rings. The summed E-state index contributed by atoms with van der Waals surface area (Å²) in [7, 11) is 0. The highest BCUT2D eigenvalue weighted by Gasteiger charge is 2.42. The first-order valence-electron chi connectivity index (χ1n) is 14.6. The second-order valence-electron chi connectivity index (χ2n) is 10.4. The number of carbonyl (C=O) groups is 3. The van der Waals surface area contributed by atoms with Crippen LogP contribution in [0, 0.1) is 5.41 Å². The van der Waals surface area contributed by atoms with E-state index in [4.69, 9.17) is 20.6 Å². The molecular weight excluding hydrogens is 633 g/mol. The van der Waals surface area contributed by atoms with Crippen LogP contribution in [0.3, 0.4) is 0 Å². The van der Waals surface area contributed by atoms with Gasteiger partial charge in [0.05, 0.1) is 29.5 Å². The standard InChI is InChI=1S/C33H33F3N6O6/c1-4-46-27-17-20(11-14-25(27)47-19(2)3)28(39-21-12-13-23(29(37)38)26(18-21)48-32(45)33(34,35)36)31(44)41-40-30(43)22-9-5-6-10-24(22)42-15-7-8-16-42/h5-19,28,39H,4H2,1-3H3,(H3,37,38)(H,40,43)(H,41,44). The fraction of sp³-hybridized carbons (Fsp3) is 0.212. The van der Waals surface area contributed by atoms with E-state index >= 15 is 0 Å². The molecule has 4 aromatic rings. The average molecular weight is 667 g/mol. The lowest BCUT2D eigenvalue weighted by atomic mass is 10.0. The van der Waals surface area contributed by atoms with Crippen LogP contribution in [-0.2, 0) is 9.59 Å². The zero-order chi connectivity index (χ0) is 35.0. The highest BCUT2D eigenvalue weighted by atomic mass is 19.4. The summed E-state index contributed by atoms with van der Waals surface area (Å²) < 4.78 is 56.8. The van der Waals surface area contributed by atoms with Gasteiger partial charge in [-0.25, -0.2) is 4.79 Å². The van der Waals surface area contributed by atoms with E-state index in [2.05, 4.69) is 20.9 Å². The fourth-order valence-electron chi connectivity index (χ4n) is 4.51. The summed E-state index contributed by atoms with van der Waals surface area (Å²) in [5.41, 5.74) is 11.1. The molecule has 12 nitrogen and oxygen atoms in total. The predicted molar refractivity (Wildman–Crippen MR) is 170 cm³/mol. The minimum atomic E-state index is -5.33. The van der Waals surface area contributed by atoms with Gasteiger partial charge in [-0.3, -0.25) is 25.8 Å². The molecule has 15 heteroatoms. The molecule has 0 aliphatic carbocycles. The van der Waals surface area contributed by atoms with E-state index in [0.717, 1.165) is 12.1 Å². The van der Waals surface area contributed by atoms with Crippen molar-refractivity contribution in [2.75, 3.05) is 11.9 Å². The second-order valence-corrected chi connectivity index (χ2v) is 10.4. The lowest BCUT2D eigenvalue weighted by Gasteiger charge is -2.23. The van der Waals surface area contributed by atoms with Crippen LogP contribution in [0.5, 0.6) is 17.2 Å². The van der Waals surface area contributed by atoms with Gasteiger partial charge in [-0.15, -0.1) is 0 Å². The van der Waals surface area contributed by atoms with Crippen molar-refractivity contribution in [1.82, 2.24) is 15.4 Å². The van der Waals surface area contributed by atoms with E-state index < -0.39 is 41.6 Å². The first kappa shape index (κ1) is 34.9. The van der Waals surface area contributed by atoms with Gasteiger partial charge in [-0.2, -0.15) is 13.2 Å². The Kier molecular flexibility index (Phi) is 10.9. The number of hydrogen-bond acceptors (Lipinski definition) is 8. The smallest absolute Gasteiger partial charge is 0.490 e. The van der Waals surface area contributed by atoms with Crippen molar-refractivity contribution in [1.29, 1.82) is 5.41 Å². The Morgan fingerprint density at radius 2 is 1.60 bits per heavy atom. The maximum absolute atomic E-state index is 13.7. The minimum absolute atomic E-state index is 0.00914. The average Bonchev–Trinajstić information content (AvgIpc) is 3.58. The van der Waals surface area contributed by atoms with E-state index in [0.29, 0.717) is 22.7 Å². The lowest BCUT2D eigenvalue weighted by molar-refractivity contribution is -0.189. The van der Waals surface area contributed by atoms with Crippen LogP contribution in [0.25, 0.3) is 5.69 Å². The number of nitrogens with one attached hydrogen (secondary N) is 4. The molecule has 1 atom stereocenters. The summed E-state index contributed by atoms with van der Waals surface area (Å²) in [6, 6.07) is 17.2. The number of nitrogens with zero attached hydrogens (tertiary/aromatic N) is 1. The normalized spacial score (nSPS) is 11.7. The zero-order valence-electron chi connectivity index (χ0n) is 26.1. The van der Waals surface area contributed by atoms with Gasteiger partial charge in [-0.1, -0.05) is 18.2 Å². The van der Waals surface area contributed by atoms with Crippen LogP contribution < -0.4 is 36.1 Å². The summed E-state index contributed by atoms with van der Waals surface area (Å²) in [5.74, 6) is -4.57. The topological polar surface area (TPSA) is 170 Å². The molecule has 1 unspecified atom stereocenters. The third-order valence-corrected chi connectivity index (χ3v) is 6.57. The Balaban J connectivity index is 1.69. The molecular formula is C33H33F3N6O6. The summed E-state index contributed by atoms with van der Waals surface area (Å²) in [4.78, 5) is 38.6. The van der Waals surface area contributed by atoms with Crippen LogP contribution in [0.15, 0.2) is 85.2 Å². The molecule has 1 aromatic heterocycles.